The van der Waals surface area contributed by atoms with E-state index in [2.05, 4.69) is 11.0 Å². The molecule has 2 fully saturated rings. The molecule has 27 heavy (non-hydrogen) atoms. The summed E-state index contributed by atoms with van der Waals surface area (Å²) < 4.78 is 6.20. The number of benzene rings is 1. The van der Waals surface area contributed by atoms with Crippen LogP contribution in [0.1, 0.15) is 57.4 Å². The van der Waals surface area contributed by atoms with Crippen molar-refractivity contribution in [3.8, 4) is 6.07 Å². The average Bonchev–Trinajstić information content (AvgIpc) is 2.98. The lowest BCUT2D eigenvalue weighted by molar-refractivity contribution is -0.149. The predicted octanol–water partition coefficient (Wildman–Crippen LogP) is 3.72. The number of nitrogens with zero attached hydrogens (tertiary/aromatic N) is 3. The van der Waals surface area contributed by atoms with Gasteiger partial charge in [0.15, 0.2) is 0 Å². The van der Waals surface area contributed by atoms with E-state index in [-0.39, 0.29) is 18.1 Å². The Kier molecular flexibility index (Phi) is 7.11. The highest BCUT2D eigenvalue weighted by Gasteiger charge is 2.29. The zero-order chi connectivity index (χ0) is 19.1. The maximum atomic E-state index is 13.1. The van der Waals surface area contributed by atoms with Crippen molar-refractivity contribution >= 4 is 11.6 Å². The second kappa shape index (κ2) is 9.75. The van der Waals surface area contributed by atoms with E-state index in [9.17, 15) is 10.1 Å². The topological polar surface area (TPSA) is 56.6 Å². The van der Waals surface area contributed by atoms with Gasteiger partial charge in [-0.05, 0) is 37.8 Å². The van der Waals surface area contributed by atoms with Crippen LogP contribution in [0, 0.1) is 11.3 Å². The second-order valence-corrected chi connectivity index (χ2v) is 7.59. The van der Waals surface area contributed by atoms with Gasteiger partial charge in [0.05, 0.1) is 17.4 Å². The van der Waals surface area contributed by atoms with Crippen LogP contribution in [0.3, 0.4) is 0 Å². The van der Waals surface area contributed by atoms with E-state index >= 15 is 0 Å². The molecule has 2 aliphatic rings. The summed E-state index contributed by atoms with van der Waals surface area (Å²) in [6, 6.07) is 9.99. The molecule has 0 spiro atoms. The van der Waals surface area contributed by atoms with Crippen LogP contribution in [0.15, 0.2) is 24.3 Å². The van der Waals surface area contributed by atoms with Gasteiger partial charge < -0.3 is 14.5 Å². The van der Waals surface area contributed by atoms with Gasteiger partial charge in [-0.2, -0.15) is 5.26 Å². The van der Waals surface area contributed by atoms with Crippen LogP contribution in [-0.2, 0) is 9.53 Å². The molecule has 0 bridgehead atoms. The maximum absolute atomic E-state index is 13.1. The minimum absolute atomic E-state index is 0.137. The number of hydrogen-bond acceptors (Lipinski definition) is 4. The first-order chi connectivity index (χ1) is 13.2. The van der Waals surface area contributed by atoms with Gasteiger partial charge in [-0.25, -0.2) is 0 Å². The zero-order valence-corrected chi connectivity index (χ0v) is 16.4. The van der Waals surface area contributed by atoms with Gasteiger partial charge in [0, 0.05) is 26.2 Å². The SMILES string of the molecule is CCC(OC1CCCCC1)C(=O)N1CCCN(c2ccccc2C#N)CC1. The summed E-state index contributed by atoms with van der Waals surface area (Å²) in [7, 11) is 0. The Labute approximate surface area is 162 Å². The Morgan fingerprint density at radius 1 is 1.15 bits per heavy atom. The Morgan fingerprint density at radius 3 is 2.67 bits per heavy atom. The highest BCUT2D eigenvalue weighted by atomic mass is 16.5. The van der Waals surface area contributed by atoms with Crippen LogP contribution in [0.4, 0.5) is 5.69 Å². The van der Waals surface area contributed by atoms with Crippen molar-refractivity contribution in [2.24, 2.45) is 0 Å². The van der Waals surface area contributed by atoms with E-state index in [1.807, 2.05) is 36.1 Å². The smallest absolute Gasteiger partial charge is 0.251 e. The van der Waals surface area contributed by atoms with Crippen molar-refractivity contribution in [3.63, 3.8) is 0 Å². The van der Waals surface area contributed by atoms with E-state index in [1.165, 1.54) is 19.3 Å². The molecular formula is C22H31N3O2. The normalized spacial score (nSPS) is 20.0. The number of carbonyl (C=O) groups is 1. The molecule has 1 amide bonds. The summed E-state index contributed by atoms with van der Waals surface area (Å²) in [5.41, 5.74) is 1.67. The fraction of sp³-hybridized carbons (Fsp3) is 0.636. The van der Waals surface area contributed by atoms with Crippen molar-refractivity contribution in [2.75, 3.05) is 31.1 Å². The van der Waals surface area contributed by atoms with Gasteiger partial charge >= 0.3 is 0 Å². The minimum Gasteiger partial charge on any atom is -0.369 e. The third-order valence-corrected chi connectivity index (χ3v) is 5.73. The molecule has 1 aliphatic heterocycles. The molecule has 5 nitrogen and oxygen atoms in total. The van der Waals surface area contributed by atoms with E-state index in [0.717, 1.165) is 51.0 Å². The number of nitriles is 1. The van der Waals surface area contributed by atoms with Crippen LogP contribution < -0.4 is 4.90 Å². The molecule has 3 rings (SSSR count). The largest absolute Gasteiger partial charge is 0.369 e. The van der Waals surface area contributed by atoms with Crippen molar-refractivity contribution in [2.45, 2.75) is 64.1 Å². The van der Waals surface area contributed by atoms with Crippen LogP contribution in [0.2, 0.25) is 0 Å². The van der Waals surface area contributed by atoms with Gasteiger partial charge in [0.1, 0.15) is 12.2 Å². The van der Waals surface area contributed by atoms with E-state index in [0.29, 0.717) is 12.1 Å². The number of carbonyl (C=O) groups excluding carboxylic acids is 1. The number of ether oxygens (including phenoxy) is 1. The van der Waals surface area contributed by atoms with E-state index < -0.39 is 0 Å². The molecule has 1 saturated heterocycles. The highest BCUT2D eigenvalue weighted by Crippen LogP contribution is 2.24. The summed E-state index contributed by atoms with van der Waals surface area (Å²) in [5.74, 6) is 0.137. The standard InChI is InChI=1S/C22H31N3O2/c1-2-21(27-19-10-4-3-5-11-19)22(26)25-14-8-13-24(15-16-25)20-12-7-6-9-18(20)17-23/h6-7,9,12,19,21H,2-5,8,10-11,13-16H2,1H3. The first kappa shape index (κ1) is 19.7. The molecule has 146 valence electrons. The monoisotopic (exact) mass is 369 g/mol. The lowest BCUT2D eigenvalue weighted by Crippen LogP contribution is -2.43. The molecule has 1 heterocycles. The van der Waals surface area contributed by atoms with Crippen molar-refractivity contribution in [1.82, 2.24) is 4.90 Å². The van der Waals surface area contributed by atoms with Gasteiger partial charge in [0.25, 0.3) is 5.91 Å². The summed E-state index contributed by atoms with van der Waals surface area (Å²) in [6.45, 7) is 5.10. The van der Waals surface area contributed by atoms with Gasteiger partial charge in [-0.1, -0.05) is 38.3 Å². The van der Waals surface area contributed by atoms with Gasteiger partial charge in [-0.15, -0.1) is 0 Å². The minimum atomic E-state index is -0.314. The first-order valence-corrected chi connectivity index (χ1v) is 10.4. The fourth-order valence-corrected chi connectivity index (χ4v) is 4.19. The number of amides is 1. The number of para-hydroxylation sites is 1. The average molecular weight is 370 g/mol. The fourth-order valence-electron chi connectivity index (χ4n) is 4.19. The van der Waals surface area contributed by atoms with E-state index in [4.69, 9.17) is 4.74 Å². The van der Waals surface area contributed by atoms with Crippen LogP contribution in [0.25, 0.3) is 0 Å². The first-order valence-electron chi connectivity index (χ1n) is 10.4. The molecule has 1 aromatic carbocycles. The lowest BCUT2D eigenvalue weighted by atomic mass is 9.97. The molecule has 1 aliphatic carbocycles. The Bertz CT molecular complexity index is 664. The van der Waals surface area contributed by atoms with Crippen molar-refractivity contribution < 1.29 is 9.53 Å². The van der Waals surface area contributed by atoms with E-state index in [1.54, 1.807) is 0 Å². The molecule has 1 aromatic rings. The summed E-state index contributed by atoms with van der Waals surface area (Å²) in [6.07, 6.45) is 7.46. The number of anilines is 1. The van der Waals surface area contributed by atoms with Crippen LogP contribution in [0.5, 0.6) is 0 Å². The third kappa shape index (κ3) is 5.01. The molecule has 1 unspecified atom stereocenters. The molecule has 0 radical (unpaired) electrons. The molecule has 0 N–H and O–H groups in total. The highest BCUT2D eigenvalue weighted by molar-refractivity contribution is 5.81. The third-order valence-electron chi connectivity index (χ3n) is 5.73. The molecule has 1 saturated carbocycles. The number of rotatable bonds is 5. The van der Waals surface area contributed by atoms with Crippen molar-refractivity contribution in [3.05, 3.63) is 29.8 Å². The summed E-state index contributed by atoms with van der Waals surface area (Å²) >= 11 is 0. The van der Waals surface area contributed by atoms with Gasteiger partial charge in [-0.3, -0.25) is 4.79 Å². The number of hydrogen-bond donors (Lipinski definition) is 0. The summed E-state index contributed by atoms with van der Waals surface area (Å²) in [4.78, 5) is 17.2. The second-order valence-electron chi connectivity index (χ2n) is 7.59. The Hall–Kier alpha value is -2.06. The molecule has 0 aromatic heterocycles. The van der Waals surface area contributed by atoms with Crippen LogP contribution in [-0.4, -0.2) is 49.2 Å². The Balaban J connectivity index is 1.60. The lowest BCUT2D eigenvalue weighted by Gasteiger charge is -2.30. The van der Waals surface area contributed by atoms with Crippen molar-refractivity contribution in [1.29, 1.82) is 5.26 Å². The molecule has 1 atom stereocenters. The maximum Gasteiger partial charge on any atom is 0.251 e. The predicted molar refractivity (Wildman–Crippen MR) is 107 cm³/mol. The quantitative estimate of drug-likeness (QED) is 0.794. The molecule has 5 heteroatoms. The molecular weight excluding hydrogens is 338 g/mol. The zero-order valence-electron chi connectivity index (χ0n) is 16.4. The Morgan fingerprint density at radius 2 is 1.93 bits per heavy atom. The van der Waals surface area contributed by atoms with Gasteiger partial charge in [0.2, 0.25) is 0 Å². The van der Waals surface area contributed by atoms with Crippen LogP contribution >= 0.6 is 0 Å². The summed E-state index contributed by atoms with van der Waals surface area (Å²) in [5, 5.41) is 9.36.